The van der Waals surface area contributed by atoms with E-state index in [9.17, 15) is 0 Å². The summed E-state index contributed by atoms with van der Waals surface area (Å²) in [6.07, 6.45) is 3.36. The number of nitrogens with zero attached hydrogens (tertiary/aromatic N) is 4. The quantitative estimate of drug-likeness (QED) is 0.497. The zero-order valence-corrected chi connectivity index (χ0v) is 17.0. The van der Waals surface area contributed by atoms with Crippen LogP contribution in [0.1, 0.15) is 0 Å². The first-order valence-electron chi connectivity index (χ1n) is 9.08. The number of aromatic nitrogens is 4. The summed E-state index contributed by atoms with van der Waals surface area (Å²) in [5.41, 5.74) is 1.64. The van der Waals surface area contributed by atoms with Crippen LogP contribution in [0.3, 0.4) is 0 Å². The third kappa shape index (κ3) is 3.52. The van der Waals surface area contributed by atoms with Crippen molar-refractivity contribution >= 4 is 22.5 Å². The van der Waals surface area contributed by atoms with Gasteiger partial charge in [-0.15, -0.1) is 0 Å². The number of nitrogens with one attached hydrogen (secondary N) is 1. The van der Waals surface area contributed by atoms with Crippen molar-refractivity contribution in [1.82, 2.24) is 19.5 Å². The molecule has 30 heavy (non-hydrogen) atoms. The number of hydrogen-bond donors (Lipinski definition) is 1. The minimum absolute atomic E-state index is 0.379. The Morgan fingerprint density at radius 3 is 2.27 bits per heavy atom. The highest BCUT2D eigenvalue weighted by molar-refractivity contribution is 5.83. The van der Waals surface area contributed by atoms with Gasteiger partial charge in [-0.1, -0.05) is 0 Å². The van der Waals surface area contributed by atoms with E-state index in [0.29, 0.717) is 34.8 Å². The molecule has 1 N–H and O–H groups in total. The molecule has 2 heterocycles. The predicted molar refractivity (Wildman–Crippen MR) is 113 cm³/mol. The van der Waals surface area contributed by atoms with Gasteiger partial charge in [0.2, 0.25) is 17.6 Å². The van der Waals surface area contributed by atoms with Gasteiger partial charge in [-0.2, -0.15) is 4.98 Å². The maximum atomic E-state index is 5.39. The predicted octanol–water partition coefficient (Wildman–Crippen LogP) is 3.59. The van der Waals surface area contributed by atoms with Crippen molar-refractivity contribution in [2.45, 2.75) is 0 Å². The third-order valence-corrected chi connectivity index (χ3v) is 4.59. The number of rotatable bonds is 7. The second-order valence-corrected chi connectivity index (χ2v) is 6.26. The summed E-state index contributed by atoms with van der Waals surface area (Å²) in [6, 6.07) is 11.4. The number of methoxy groups -OCH3 is 4. The molecule has 0 aliphatic carbocycles. The molecule has 0 saturated heterocycles. The molecule has 2 aromatic carbocycles. The Kier molecular flexibility index (Phi) is 5.25. The molecule has 0 fully saturated rings. The van der Waals surface area contributed by atoms with E-state index < -0.39 is 0 Å². The van der Waals surface area contributed by atoms with Gasteiger partial charge in [-0.25, -0.2) is 9.97 Å². The van der Waals surface area contributed by atoms with E-state index in [2.05, 4.69) is 20.3 Å². The molecule has 4 rings (SSSR count). The Labute approximate surface area is 173 Å². The molecule has 9 heteroatoms. The molecule has 154 valence electrons. The second kappa shape index (κ2) is 8.16. The Morgan fingerprint density at radius 1 is 0.833 bits per heavy atom. The van der Waals surface area contributed by atoms with E-state index in [4.69, 9.17) is 18.9 Å². The van der Waals surface area contributed by atoms with Gasteiger partial charge in [-0.05, 0) is 24.3 Å². The second-order valence-electron chi connectivity index (χ2n) is 6.26. The van der Waals surface area contributed by atoms with Crippen LogP contribution in [0.25, 0.3) is 16.9 Å². The first kappa shape index (κ1) is 19.3. The molecule has 9 nitrogen and oxygen atoms in total. The molecule has 4 aromatic rings. The summed E-state index contributed by atoms with van der Waals surface area (Å²) < 4.78 is 23.3. The third-order valence-electron chi connectivity index (χ3n) is 4.59. The molecule has 0 aliphatic heterocycles. The maximum Gasteiger partial charge on any atom is 0.238 e. The van der Waals surface area contributed by atoms with Crippen molar-refractivity contribution in [3.8, 4) is 28.9 Å². The summed E-state index contributed by atoms with van der Waals surface area (Å²) in [6.45, 7) is 0. The van der Waals surface area contributed by atoms with Gasteiger partial charge in [0.1, 0.15) is 12.1 Å². The number of anilines is 2. The lowest BCUT2D eigenvalue weighted by molar-refractivity contribution is 0.324. The standard InChI is InChI=1S/C21H21N5O4/c1-27-15-5-6-16-13(9-15)7-8-26(16)21-23-12-22-20(25-21)24-14-10-17(28-2)19(30-4)18(11-14)29-3/h5-12H,1-4H3,(H,22,23,24,25). The monoisotopic (exact) mass is 407 g/mol. The van der Waals surface area contributed by atoms with Crippen LogP contribution in [-0.2, 0) is 0 Å². The summed E-state index contributed by atoms with van der Waals surface area (Å²) in [4.78, 5) is 13.1. The van der Waals surface area contributed by atoms with E-state index in [1.165, 1.54) is 6.33 Å². The van der Waals surface area contributed by atoms with Crippen molar-refractivity contribution in [3.63, 3.8) is 0 Å². The molecule has 2 aromatic heterocycles. The zero-order chi connectivity index (χ0) is 21.1. The average Bonchev–Trinajstić information content (AvgIpc) is 3.21. The number of fused-ring (bicyclic) bond motifs is 1. The fourth-order valence-electron chi connectivity index (χ4n) is 3.17. The van der Waals surface area contributed by atoms with Crippen molar-refractivity contribution in [3.05, 3.63) is 48.9 Å². The molecule has 0 unspecified atom stereocenters. The van der Waals surface area contributed by atoms with Gasteiger partial charge in [0.15, 0.2) is 11.5 Å². The highest BCUT2D eigenvalue weighted by atomic mass is 16.5. The lowest BCUT2D eigenvalue weighted by Crippen LogP contribution is -2.05. The number of hydrogen-bond acceptors (Lipinski definition) is 8. The van der Waals surface area contributed by atoms with E-state index in [1.54, 1.807) is 40.6 Å². The maximum absolute atomic E-state index is 5.39. The molecule has 0 bridgehead atoms. The van der Waals surface area contributed by atoms with Gasteiger partial charge in [0, 0.05) is 29.4 Å². The van der Waals surface area contributed by atoms with Crippen molar-refractivity contribution < 1.29 is 18.9 Å². The zero-order valence-electron chi connectivity index (χ0n) is 17.0. The molecule has 0 aliphatic rings. The largest absolute Gasteiger partial charge is 0.497 e. The molecular weight excluding hydrogens is 386 g/mol. The van der Waals surface area contributed by atoms with Crippen LogP contribution in [0.5, 0.6) is 23.0 Å². The van der Waals surface area contributed by atoms with Crippen LogP contribution in [-0.4, -0.2) is 48.0 Å². The van der Waals surface area contributed by atoms with E-state index in [1.807, 2.05) is 35.0 Å². The smallest absolute Gasteiger partial charge is 0.238 e. The van der Waals surface area contributed by atoms with Gasteiger partial charge >= 0.3 is 0 Å². The van der Waals surface area contributed by atoms with E-state index >= 15 is 0 Å². The minimum atomic E-state index is 0.379. The molecule has 0 saturated carbocycles. The Morgan fingerprint density at radius 2 is 1.60 bits per heavy atom. The highest BCUT2D eigenvalue weighted by Crippen LogP contribution is 2.40. The summed E-state index contributed by atoms with van der Waals surface area (Å²) in [7, 11) is 6.33. The molecule has 0 atom stereocenters. The first-order chi connectivity index (χ1) is 14.7. The number of benzene rings is 2. The lowest BCUT2D eigenvalue weighted by atomic mass is 10.2. The molecule has 0 radical (unpaired) electrons. The summed E-state index contributed by atoms with van der Waals surface area (Å²) >= 11 is 0. The van der Waals surface area contributed by atoms with Crippen LogP contribution in [0.2, 0.25) is 0 Å². The summed E-state index contributed by atoms with van der Waals surface area (Å²) in [5.74, 6) is 3.22. The summed E-state index contributed by atoms with van der Waals surface area (Å²) in [5, 5.41) is 4.18. The number of ether oxygens (including phenoxy) is 4. The Balaban J connectivity index is 1.68. The van der Waals surface area contributed by atoms with Crippen LogP contribution >= 0.6 is 0 Å². The topological polar surface area (TPSA) is 92.6 Å². The van der Waals surface area contributed by atoms with Gasteiger partial charge in [0.25, 0.3) is 0 Å². The fraction of sp³-hybridized carbons (Fsp3) is 0.190. The van der Waals surface area contributed by atoms with Gasteiger partial charge in [-0.3, -0.25) is 4.57 Å². The fourth-order valence-corrected chi connectivity index (χ4v) is 3.17. The van der Waals surface area contributed by atoms with Crippen LogP contribution in [0.4, 0.5) is 11.6 Å². The lowest BCUT2D eigenvalue weighted by Gasteiger charge is -2.14. The Hall–Kier alpha value is -4.01. The SMILES string of the molecule is COc1ccc2c(ccn2-c2ncnc(Nc3cc(OC)c(OC)c(OC)c3)n2)c1. The van der Waals surface area contributed by atoms with Crippen molar-refractivity contribution in [2.24, 2.45) is 0 Å². The molecule has 0 spiro atoms. The molecular formula is C21H21N5O4. The average molecular weight is 407 g/mol. The van der Waals surface area contributed by atoms with Gasteiger partial charge in [0.05, 0.1) is 34.0 Å². The normalized spacial score (nSPS) is 10.7. The van der Waals surface area contributed by atoms with Crippen LogP contribution in [0, 0.1) is 0 Å². The van der Waals surface area contributed by atoms with Gasteiger partial charge < -0.3 is 24.3 Å². The molecule has 0 amide bonds. The minimum Gasteiger partial charge on any atom is -0.497 e. The van der Waals surface area contributed by atoms with Crippen molar-refractivity contribution in [1.29, 1.82) is 0 Å². The Bertz CT molecular complexity index is 1170. The van der Waals surface area contributed by atoms with E-state index in [-0.39, 0.29) is 0 Å². The van der Waals surface area contributed by atoms with Crippen molar-refractivity contribution in [2.75, 3.05) is 33.8 Å². The van der Waals surface area contributed by atoms with Crippen LogP contribution in [0.15, 0.2) is 48.9 Å². The van der Waals surface area contributed by atoms with Crippen LogP contribution < -0.4 is 24.3 Å². The highest BCUT2D eigenvalue weighted by Gasteiger charge is 2.14. The first-order valence-corrected chi connectivity index (χ1v) is 9.08. The van der Waals surface area contributed by atoms with E-state index in [0.717, 1.165) is 16.7 Å².